The molecule has 5 rings (SSSR count). The molecule has 2 atom stereocenters. The molecular formula is C20H21N5O4. The van der Waals surface area contributed by atoms with Crippen LogP contribution in [0, 0.1) is 0 Å². The molecule has 0 saturated carbocycles. The summed E-state index contributed by atoms with van der Waals surface area (Å²) in [5.41, 5.74) is 3.31. The first-order chi connectivity index (χ1) is 14.1. The SMILES string of the molecule is COc1cc2cc(c1)-c1cnn3ccc(nc13)OCC1C[C@@H](O)C(=O)N1CCN2. The van der Waals surface area contributed by atoms with E-state index in [1.165, 1.54) is 0 Å². The third-order valence-corrected chi connectivity index (χ3v) is 5.41. The lowest BCUT2D eigenvalue weighted by Gasteiger charge is -2.25. The van der Waals surface area contributed by atoms with E-state index in [0.717, 1.165) is 16.8 Å². The van der Waals surface area contributed by atoms with Crippen molar-refractivity contribution in [3.05, 3.63) is 36.7 Å². The van der Waals surface area contributed by atoms with Gasteiger partial charge >= 0.3 is 0 Å². The van der Waals surface area contributed by atoms with E-state index in [2.05, 4.69) is 15.4 Å². The Bertz CT molecular complexity index is 1080. The lowest BCUT2D eigenvalue weighted by Crippen LogP contribution is -2.40. The van der Waals surface area contributed by atoms with E-state index in [1.807, 2.05) is 18.2 Å². The highest BCUT2D eigenvalue weighted by Gasteiger charge is 2.38. The van der Waals surface area contributed by atoms with E-state index in [-0.39, 0.29) is 18.6 Å². The molecule has 4 bridgehead atoms. The molecule has 0 aliphatic carbocycles. The molecule has 1 unspecified atom stereocenters. The molecule has 1 fully saturated rings. The topological polar surface area (TPSA) is 101 Å². The van der Waals surface area contributed by atoms with Gasteiger partial charge in [-0.2, -0.15) is 10.1 Å². The second-order valence-corrected chi connectivity index (χ2v) is 7.22. The number of aliphatic hydroxyl groups excluding tert-OH is 1. The van der Waals surface area contributed by atoms with E-state index < -0.39 is 6.10 Å². The Kier molecular flexibility index (Phi) is 4.24. The van der Waals surface area contributed by atoms with Crippen molar-refractivity contribution in [3.8, 4) is 22.8 Å². The van der Waals surface area contributed by atoms with Gasteiger partial charge in [0, 0.05) is 49.1 Å². The molecule has 2 aliphatic heterocycles. The minimum atomic E-state index is -0.987. The van der Waals surface area contributed by atoms with Crippen LogP contribution in [-0.4, -0.2) is 69.5 Å². The van der Waals surface area contributed by atoms with Gasteiger partial charge in [-0.15, -0.1) is 0 Å². The van der Waals surface area contributed by atoms with E-state index in [0.29, 0.717) is 36.8 Å². The Morgan fingerprint density at radius 3 is 3.10 bits per heavy atom. The zero-order valence-corrected chi connectivity index (χ0v) is 15.9. The van der Waals surface area contributed by atoms with E-state index in [1.54, 1.807) is 35.0 Å². The number of hydrogen-bond donors (Lipinski definition) is 2. The Morgan fingerprint density at radius 2 is 2.24 bits per heavy atom. The van der Waals surface area contributed by atoms with Crippen molar-refractivity contribution in [2.75, 3.05) is 32.1 Å². The van der Waals surface area contributed by atoms with Gasteiger partial charge in [0.15, 0.2) is 5.65 Å². The van der Waals surface area contributed by atoms with Gasteiger partial charge in [0.1, 0.15) is 18.5 Å². The van der Waals surface area contributed by atoms with Crippen molar-refractivity contribution in [2.45, 2.75) is 18.6 Å². The van der Waals surface area contributed by atoms with Crippen LogP contribution in [0.2, 0.25) is 0 Å². The van der Waals surface area contributed by atoms with Crippen molar-refractivity contribution in [1.82, 2.24) is 19.5 Å². The fourth-order valence-electron chi connectivity index (χ4n) is 3.92. The number of fused-ring (bicyclic) bond motifs is 5. The van der Waals surface area contributed by atoms with Crippen LogP contribution in [0.15, 0.2) is 36.7 Å². The van der Waals surface area contributed by atoms with Gasteiger partial charge in [0.05, 0.1) is 19.3 Å². The number of aliphatic hydroxyl groups is 1. The molecule has 2 aromatic heterocycles. The molecule has 0 spiro atoms. The molecule has 1 amide bonds. The number of amides is 1. The number of ether oxygens (including phenoxy) is 2. The normalized spacial score (nSPS) is 21.4. The number of methoxy groups -OCH3 is 1. The van der Waals surface area contributed by atoms with Crippen LogP contribution in [0.1, 0.15) is 6.42 Å². The third-order valence-electron chi connectivity index (χ3n) is 5.41. The van der Waals surface area contributed by atoms with Crippen molar-refractivity contribution in [2.24, 2.45) is 0 Å². The monoisotopic (exact) mass is 395 g/mol. The molecule has 0 radical (unpaired) electrons. The zero-order chi connectivity index (χ0) is 20.0. The second kappa shape index (κ2) is 6.93. The summed E-state index contributed by atoms with van der Waals surface area (Å²) < 4.78 is 13.0. The van der Waals surface area contributed by atoms with Crippen LogP contribution in [0.4, 0.5) is 5.69 Å². The highest BCUT2D eigenvalue weighted by atomic mass is 16.5. The first kappa shape index (κ1) is 17.7. The van der Waals surface area contributed by atoms with Gasteiger partial charge in [-0.25, -0.2) is 4.52 Å². The fourth-order valence-corrected chi connectivity index (χ4v) is 3.92. The largest absolute Gasteiger partial charge is 0.497 e. The summed E-state index contributed by atoms with van der Waals surface area (Å²) >= 11 is 0. The summed E-state index contributed by atoms with van der Waals surface area (Å²) in [6.45, 7) is 1.27. The molecule has 9 heteroatoms. The van der Waals surface area contributed by atoms with E-state index >= 15 is 0 Å². The average molecular weight is 395 g/mol. The first-order valence-corrected chi connectivity index (χ1v) is 9.51. The lowest BCUT2D eigenvalue weighted by atomic mass is 10.1. The van der Waals surface area contributed by atoms with Crippen LogP contribution in [0.3, 0.4) is 0 Å². The van der Waals surface area contributed by atoms with Gasteiger partial charge in [-0.1, -0.05) is 0 Å². The Balaban J connectivity index is 1.60. The highest BCUT2D eigenvalue weighted by Crippen LogP contribution is 2.31. The van der Waals surface area contributed by atoms with Crippen molar-refractivity contribution < 1.29 is 19.4 Å². The smallest absolute Gasteiger partial charge is 0.251 e. The third kappa shape index (κ3) is 3.13. The second-order valence-electron chi connectivity index (χ2n) is 7.22. The Hall–Kier alpha value is -3.33. The number of rotatable bonds is 1. The van der Waals surface area contributed by atoms with E-state index in [4.69, 9.17) is 9.47 Å². The van der Waals surface area contributed by atoms with Crippen molar-refractivity contribution in [1.29, 1.82) is 0 Å². The number of carbonyl (C=O) groups is 1. The quantitative estimate of drug-likeness (QED) is 0.638. The number of hydrogen-bond acceptors (Lipinski definition) is 7. The van der Waals surface area contributed by atoms with Crippen LogP contribution in [0.5, 0.6) is 11.6 Å². The lowest BCUT2D eigenvalue weighted by molar-refractivity contribution is -0.135. The maximum absolute atomic E-state index is 12.4. The predicted octanol–water partition coefficient (Wildman–Crippen LogP) is 1.17. The van der Waals surface area contributed by atoms with Gasteiger partial charge in [0.2, 0.25) is 5.88 Å². The first-order valence-electron chi connectivity index (χ1n) is 9.51. The standard InChI is InChI=1S/C20H21N5O4/c1-28-15-7-12-6-13(8-15)21-3-5-24-14(9-17(26)20(24)27)11-29-18-2-4-25-19(23-18)16(12)10-22-25/h2,4,6-8,10,14,17,21,26H,3,5,9,11H2,1H3/t14?,17-/m1/s1. The molecule has 9 nitrogen and oxygen atoms in total. The van der Waals surface area contributed by atoms with E-state index in [9.17, 15) is 9.90 Å². The van der Waals surface area contributed by atoms with Gasteiger partial charge in [-0.3, -0.25) is 4.79 Å². The maximum atomic E-state index is 12.4. The number of benzene rings is 1. The molecule has 1 aromatic carbocycles. The molecule has 3 aromatic rings. The van der Waals surface area contributed by atoms with Crippen molar-refractivity contribution in [3.63, 3.8) is 0 Å². The Labute approximate surface area is 166 Å². The summed E-state index contributed by atoms with van der Waals surface area (Å²) in [5, 5.41) is 17.8. The summed E-state index contributed by atoms with van der Waals surface area (Å²) in [4.78, 5) is 18.7. The predicted molar refractivity (Wildman–Crippen MR) is 105 cm³/mol. The summed E-state index contributed by atoms with van der Waals surface area (Å²) in [6.07, 6.45) is 2.92. The van der Waals surface area contributed by atoms with Gasteiger partial charge < -0.3 is 24.8 Å². The zero-order valence-electron chi connectivity index (χ0n) is 15.9. The molecule has 1 saturated heterocycles. The van der Waals surface area contributed by atoms with Crippen LogP contribution >= 0.6 is 0 Å². The summed E-state index contributed by atoms with van der Waals surface area (Å²) in [7, 11) is 1.62. The molecule has 29 heavy (non-hydrogen) atoms. The average Bonchev–Trinajstić information content (AvgIpc) is 3.27. The highest BCUT2D eigenvalue weighted by molar-refractivity contribution is 5.83. The molecule has 2 N–H and O–H groups in total. The van der Waals surface area contributed by atoms with Gasteiger partial charge in [0.25, 0.3) is 5.91 Å². The fraction of sp³-hybridized carbons (Fsp3) is 0.350. The molecular weight excluding hydrogens is 374 g/mol. The van der Waals surface area contributed by atoms with Crippen LogP contribution in [0.25, 0.3) is 16.8 Å². The van der Waals surface area contributed by atoms with Crippen LogP contribution in [-0.2, 0) is 4.79 Å². The minimum Gasteiger partial charge on any atom is -0.497 e. The van der Waals surface area contributed by atoms with Gasteiger partial charge in [-0.05, 0) is 17.7 Å². The number of anilines is 1. The van der Waals surface area contributed by atoms with Crippen LogP contribution < -0.4 is 14.8 Å². The summed E-state index contributed by atoms with van der Waals surface area (Å²) in [6, 6.07) is 7.37. The number of carbonyl (C=O) groups excluding carboxylic acids is 1. The number of aromatic nitrogens is 3. The molecule has 150 valence electrons. The number of nitrogens with one attached hydrogen (secondary N) is 1. The Morgan fingerprint density at radius 1 is 1.34 bits per heavy atom. The molecule has 2 aliphatic rings. The minimum absolute atomic E-state index is 0.203. The number of nitrogens with zero attached hydrogens (tertiary/aromatic N) is 4. The summed E-state index contributed by atoms with van der Waals surface area (Å²) in [5.74, 6) is 0.890. The molecule has 4 heterocycles. The van der Waals surface area contributed by atoms with Crippen molar-refractivity contribution >= 4 is 17.2 Å². The maximum Gasteiger partial charge on any atom is 0.251 e.